The van der Waals surface area contributed by atoms with Gasteiger partial charge in [-0.15, -0.1) is 0 Å². The minimum Gasteiger partial charge on any atom is -0.256 e. The number of fused-ring (bicyclic) bond motifs is 1. The number of rotatable bonds is 5. The summed E-state index contributed by atoms with van der Waals surface area (Å²) in [5.74, 6) is 0.741. The van der Waals surface area contributed by atoms with Gasteiger partial charge in [-0.05, 0) is 78.1 Å². The number of halogens is 1. The molecule has 1 saturated carbocycles. The van der Waals surface area contributed by atoms with Crippen LogP contribution in [0.15, 0.2) is 60.8 Å². The van der Waals surface area contributed by atoms with Gasteiger partial charge in [0, 0.05) is 17.5 Å². The van der Waals surface area contributed by atoms with Gasteiger partial charge in [0.25, 0.3) is 0 Å². The molecule has 138 valence electrons. The van der Waals surface area contributed by atoms with E-state index in [0.29, 0.717) is 23.7 Å². The monoisotopic (exact) mass is 381 g/mol. The van der Waals surface area contributed by atoms with Gasteiger partial charge < -0.3 is 0 Å². The Hall–Kier alpha value is -2.32. The molecule has 1 N–H and O–H groups in total. The number of nitrogens with zero attached hydrogens (tertiary/aromatic N) is 1. The van der Waals surface area contributed by atoms with Crippen molar-refractivity contribution in [2.45, 2.75) is 31.6 Å². The average molecular weight is 381 g/mol. The summed E-state index contributed by atoms with van der Waals surface area (Å²) in [6, 6.07) is 16.5. The first kappa shape index (κ1) is 18.1. The van der Waals surface area contributed by atoms with Crippen molar-refractivity contribution in [3.05, 3.63) is 72.2 Å². The fraction of sp³-hybridized carbons (Fsp3) is 0.318. The predicted molar refractivity (Wildman–Crippen MR) is 109 cm³/mol. The Morgan fingerprint density at radius 1 is 1.04 bits per heavy atom. The molecule has 27 heavy (non-hydrogen) atoms. The predicted octanol–water partition coefficient (Wildman–Crippen LogP) is 6.50. The molecule has 1 unspecified atom stereocenters. The van der Waals surface area contributed by atoms with Gasteiger partial charge in [0.05, 0.1) is 11.2 Å². The first-order valence-electron chi connectivity index (χ1n) is 9.49. The number of hydrogen-bond donors (Lipinski definition) is 1. The van der Waals surface area contributed by atoms with E-state index in [2.05, 4.69) is 28.3 Å². The standard InChI is InChI=1S/C22H23FN2OP/c23-20-9-11-21(12-10-20)25-27(26)15-16-5-7-17(8-6-16)19-13-18-3-1-2-4-22(18)24-14-19/h1-4,9-14,16-17H,5-8,15H2,(H,25,26)/q+1. The molecule has 0 saturated heterocycles. The second kappa shape index (κ2) is 8.14. The van der Waals surface area contributed by atoms with Crippen LogP contribution >= 0.6 is 7.95 Å². The highest BCUT2D eigenvalue weighted by atomic mass is 31.1. The van der Waals surface area contributed by atoms with Crippen molar-refractivity contribution in [2.24, 2.45) is 5.92 Å². The van der Waals surface area contributed by atoms with Crippen molar-refractivity contribution in [3.8, 4) is 0 Å². The van der Waals surface area contributed by atoms with Gasteiger partial charge in [0.15, 0.2) is 6.16 Å². The van der Waals surface area contributed by atoms with Crippen molar-refractivity contribution >= 4 is 24.5 Å². The van der Waals surface area contributed by atoms with Crippen molar-refractivity contribution in [1.82, 2.24) is 4.98 Å². The first-order chi connectivity index (χ1) is 13.2. The summed E-state index contributed by atoms with van der Waals surface area (Å²) in [4.78, 5) is 4.59. The largest absolute Gasteiger partial charge is 0.459 e. The Labute approximate surface area is 159 Å². The number of hydrogen-bond acceptors (Lipinski definition) is 2. The Kier molecular flexibility index (Phi) is 5.45. The lowest BCUT2D eigenvalue weighted by molar-refractivity contribution is 0.349. The molecule has 3 nitrogen and oxygen atoms in total. The van der Waals surface area contributed by atoms with E-state index in [9.17, 15) is 8.96 Å². The van der Waals surface area contributed by atoms with Gasteiger partial charge in [-0.3, -0.25) is 4.98 Å². The lowest BCUT2D eigenvalue weighted by Crippen LogP contribution is -2.16. The lowest BCUT2D eigenvalue weighted by atomic mass is 9.79. The Bertz CT molecular complexity index is 936. The van der Waals surface area contributed by atoms with E-state index in [1.807, 2.05) is 18.3 Å². The van der Waals surface area contributed by atoms with Crippen LogP contribution in [0.3, 0.4) is 0 Å². The maximum absolute atomic E-state index is 13.0. The summed E-state index contributed by atoms with van der Waals surface area (Å²) in [7, 11) is -1.52. The third-order valence-corrected chi connectivity index (χ3v) is 6.81. The summed E-state index contributed by atoms with van der Waals surface area (Å²) < 4.78 is 25.4. The number of para-hydroxylation sites is 1. The van der Waals surface area contributed by atoms with Crippen LogP contribution in [0.25, 0.3) is 10.9 Å². The van der Waals surface area contributed by atoms with Crippen molar-refractivity contribution in [3.63, 3.8) is 0 Å². The molecule has 0 aliphatic heterocycles. The van der Waals surface area contributed by atoms with E-state index in [-0.39, 0.29) is 5.82 Å². The molecule has 0 amide bonds. The molecular formula is C22H23FN2OP+. The third-order valence-electron chi connectivity index (χ3n) is 5.45. The van der Waals surface area contributed by atoms with E-state index < -0.39 is 7.95 Å². The second-order valence-electron chi connectivity index (χ2n) is 7.36. The number of pyridine rings is 1. The molecule has 5 heteroatoms. The van der Waals surface area contributed by atoms with Gasteiger partial charge in [-0.2, -0.15) is 5.09 Å². The van der Waals surface area contributed by atoms with E-state index in [4.69, 9.17) is 0 Å². The zero-order valence-corrected chi connectivity index (χ0v) is 16.0. The van der Waals surface area contributed by atoms with Gasteiger partial charge >= 0.3 is 7.95 Å². The fourth-order valence-electron chi connectivity index (χ4n) is 3.94. The number of anilines is 1. The summed E-state index contributed by atoms with van der Waals surface area (Å²) >= 11 is 0. The highest BCUT2D eigenvalue weighted by Gasteiger charge is 2.29. The SMILES string of the molecule is O=[P+](CC1CCC(c2cnc3ccccc3c2)CC1)Nc1ccc(F)cc1. The van der Waals surface area contributed by atoms with Crippen LogP contribution < -0.4 is 5.09 Å². The molecule has 4 rings (SSSR count). The molecule has 1 heterocycles. The molecule has 3 aromatic rings. The van der Waals surface area contributed by atoms with Crippen LogP contribution in [0.1, 0.15) is 37.2 Å². The van der Waals surface area contributed by atoms with E-state index in [1.165, 1.54) is 23.1 Å². The maximum Gasteiger partial charge on any atom is 0.459 e. The first-order valence-corrected chi connectivity index (χ1v) is 10.9. The molecule has 0 bridgehead atoms. The van der Waals surface area contributed by atoms with Crippen molar-refractivity contribution in [1.29, 1.82) is 0 Å². The topological polar surface area (TPSA) is 42.0 Å². The van der Waals surface area contributed by atoms with Crippen LogP contribution in [-0.2, 0) is 4.57 Å². The number of benzene rings is 2. The molecule has 1 fully saturated rings. The van der Waals surface area contributed by atoms with Crippen LogP contribution in [0.2, 0.25) is 0 Å². The van der Waals surface area contributed by atoms with Crippen LogP contribution in [-0.4, -0.2) is 11.1 Å². The average Bonchev–Trinajstić information content (AvgIpc) is 2.70. The second-order valence-corrected chi connectivity index (χ2v) is 8.70. The van der Waals surface area contributed by atoms with E-state index in [1.54, 1.807) is 12.1 Å². The van der Waals surface area contributed by atoms with E-state index in [0.717, 1.165) is 31.2 Å². The minimum atomic E-state index is -1.52. The molecule has 1 aliphatic carbocycles. The molecule has 0 radical (unpaired) electrons. The van der Waals surface area contributed by atoms with Crippen molar-refractivity contribution < 1.29 is 8.96 Å². The lowest BCUT2D eigenvalue weighted by Gasteiger charge is -2.26. The Morgan fingerprint density at radius 2 is 1.78 bits per heavy atom. The normalized spacial score (nSPS) is 20.4. The Balaban J connectivity index is 1.31. The third kappa shape index (κ3) is 4.51. The number of nitrogens with one attached hydrogen (secondary N) is 1. The fourth-order valence-corrected chi connectivity index (χ4v) is 5.30. The summed E-state index contributed by atoms with van der Waals surface area (Å²) in [5, 5.41) is 4.21. The van der Waals surface area contributed by atoms with Crippen LogP contribution in [0, 0.1) is 11.7 Å². The van der Waals surface area contributed by atoms with Crippen molar-refractivity contribution in [2.75, 3.05) is 11.2 Å². The summed E-state index contributed by atoms with van der Waals surface area (Å²) in [5.41, 5.74) is 3.08. The molecule has 2 aromatic carbocycles. The molecular weight excluding hydrogens is 358 g/mol. The molecule has 1 atom stereocenters. The number of aromatic nitrogens is 1. The molecule has 0 spiro atoms. The maximum atomic E-state index is 13.0. The van der Waals surface area contributed by atoms with Gasteiger partial charge in [-0.25, -0.2) is 4.39 Å². The Morgan fingerprint density at radius 3 is 2.56 bits per heavy atom. The van der Waals surface area contributed by atoms with E-state index >= 15 is 0 Å². The van der Waals surface area contributed by atoms with Gasteiger partial charge in [0.1, 0.15) is 5.82 Å². The smallest absolute Gasteiger partial charge is 0.256 e. The zero-order valence-electron chi connectivity index (χ0n) is 15.1. The summed E-state index contributed by atoms with van der Waals surface area (Å²) in [6.07, 6.45) is 7.10. The minimum absolute atomic E-state index is 0.280. The highest BCUT2D eigenvalue weighted by molar-refractivity contribution is 7.46. The molecule has 1 aliphatic rings. The van der Waals surface area contributed by atoms with Gasteiger partial charge in [-0.1, -0.05) is 18.2 Å². The van der Waals surface area contributed by atoms with Crippen LogP contribution in [0.5, 0.6) is 0 Å². The zero-order chi connectivity index (χ0) is 18.6. The van der Waals surface area contributed by atoms with Crippen LogP contribution in [0.4, 0.5) is 10.1 Å². The molecule has 1 aromatic heterocycles. The van der Waals surface area contributed by atoms with Gasteiger partial charge in [0.2, 0.25) is 0 Å². The highest BCUT2D eigenvalue weighted by Crippen LogP contribution is 2.39. The summed E-state index contributed by atoms with van der Waals surface area (Å²) in [6.45, 7) is 0. The quantitative estimate of drug-likeness (QED) is 0.513.